The number of aromatic amines is 1. The fourth-order valence-corrected chi connectivity index (χ4v) is 1.18. The Morgan fingerprint density at radius 2 is 2.44 bits per heavy atom. The number of guanidine groups is 1. The maximum atomic E-state index is 5.18. The summed E-state index contributed by atoms with van der Waals surface area (Å²) >= 11 is 0. The minimum Gasteiger partial charge on any atom is -0.357 e. The van der Waals surface area contributed by atoms with Gasteiger partial charge in [-0.15, -0.1) is 6.42 Å². The fraction of sp³-hybridized carbons (Fsp3) is 0.455. The molecule has 1 heterocycles. The van der Waals surface area contributed by atoms with Crippen molar-refractivity contribution in [3.63, 3.8) is 0 Å². The van der Waals surface area contributed by atoms with Crippen molar-refractivity contribution < 1.29 is 0 Å². The Morgan fingerprint density at radius 3 is 3.00 bits per heavy atom. The minimum absolute atomic E-state index is 0.468. The van der Waals surface area contributed by atoms with Crippen molar-refractivity contribution in [2.24, 2.45) is 4.99 Å². The first-order valence-corrected chi connectivity index (χ1v) is 5.22. The van der Waals surface area contributed by atoms with Crippen LogP contribution in [0.25, 0.3) is 0 Å². The van der Waals surface area contributed by atoms with Gasteiger partial charge in [-0.1, -0.05) is 5.92 Å². The van der Waals surface area contributed by atoms with Gasteiger partial charge < -0.3 is 10.6 Å². The molecule has 0 saturated heterocycles. The lowest BCUT2D eigenvalue weighted by molar-refractivity contribution is 0.863. The second kappa shape index (κ2) is 6.51. The van der Waals surface area contributed by atoms with E-state index in [1.165, 1.54) is 0 Å². The maximum absolute atomic E-state index is 5.18. The molecule has 1 aromatic heterocycles. The van der Waals surface area contributed by atoms with Crippen molar-refractivity contribution in [2.75, 3.05) is 13.1 Å². The Morgan fingerprint density at radius 1 is 1.62 bits per heavy atom. The molecule has 0 unspecified atom stereocenters. The van der Waals surface area contributed by atoms with Gasteiger partial charge in [0.25, 0.3) is 0 Å². The molecule has 5 heteroatoms. The van der Waals surface area contributed by atoms with Gasteiger partial charge in [0.2, 0.25) is 0 Å². The van der Waals surface area contributed by atoms with Crippen LogP contribution < -0.4 is 10.6 Å². The molecule has 0 aliphatic rings. The molecule has 0 saturated carbocycles. The number of aliphatic imine (C=N–C) groups is 1. The summed E-state index contributed by atoms with van der Waals surface area (Å²) in [5, 5.41) is 13.0. The topological polar surface area (TPSA) is 65.1 Å². The van der Waals surface area contributed by atoms with E-state index in [-0.39, 0.29) is 0 Å². The molecular formula is C11H17N5. The average Bonchev–Trinajstić information content (AvgIpc) is 2.68. The number of H-pyrrole nitrogens is 1. The first-order chi connectivity index (χ1) is 7.77. The third-order valence-electron chi connectivity index (χ3n) is 2.04. The normalized spacial score (nSPS) is 10.9. The van der Waals surface area contributed by atoms with E-state index in [9.17, 15) is 0 Å². The number of nitrogens with zero attached hydrogens (tertiary/aromatic N) is 2. The van der Waals surface area contributed by atoms with E-state index in [0.29, 0.717) is 13.1 Å². The maximum Gasteiger partial charge on any atom is 0.192 e. The van der Waals surface area contributed by atoms with Crippen LogP contribution in [0.4, 0.5) is 0 Å². The number of terminal acetylenes is 1. The summed E-state index contributed by atoms with van der Waals surface area (Å²) in [6.07, 6.45) is 6.96. The van der Waals surface area contributed by atoms with Crippen LogP contribution in [0.15, 0.2) is 11.2 Å². The number of hydrogen-bond donors (Lipinski definition) is 3. The van der Waals surface area contributed by atoms with Crippen LogP contribution in [0.1, 0.15) is 18.2 Å². The molecule has 0 aliphatic heterocycles. The smallest absolute Gasteiger partial charge is 0.192 e. The molecule has 0 fully saturated rings. The zero-order valence-electron chi connectivity index (χ0n) is 9.67. The van der Waals surface area contributed by atoms with E-state index in [1.54, 1.807) is 6.20 Å². The number of aromatic nitrogens is 2. The van der Waals surface area contributed by atoms with Crippen LogP contribution in [-0.4, -0.2) is 29.2 Å². The Kier molecular flexibility index (Phi) is 4.93. The molecule has 5 nitrogen and oxygen atoms in total. The molecular weight excluding hydrogens is 202 g/mol. The monoisotopic (exact) mass is 219 g/mol. The van der Waals surface area contributed by atoms with Gasteiger partial charge in [-0.3, -0.25) is 5.10 Å². The summed E-state index contributed by atoms with van der Waals surface area (Å²) < 4.78 is 0. The summed E-state index contributed by atoms with van der Waals surface area (Å²) in [4.78, 5) is 4.39. The lowest BCUT2D eigenvalue weighted by Gasteiger charge is -2.08. The highest BCUT2D eigenvalue weighted by molar-refractivity contribution is 5.79. The van der Waals surface area contributed by atoms with Gasteiger partial charge >= 0.3 is 0 Å². The first-order valence-electron chi connectivity index (χ1n) is 5.22. The van der Waals surface area contributed by atoms with Gasteiger partial charge in [-0.05, 0) is 13.8 Å². The highest BCUT2D eigenvalue weighted by Crippen LogP contribution is 2.03. The Bertz CT molecular complexity index is 385. The second-order valence-corrected chi connectivity index (χ2v) is 3.27. The van der Waals surface area contributed by atoms with Crippen LogP contribution in [0.2, 0.25) is 0 Å². The van der Waals surface area contributed by atoms with Crippen molar-refractivity contribution in [3.8, 4) is 12.3 Å². The van der Waals surface area contributed by atoms with Crippen molar-refractivity contribution in [2.45, 2.75) is 20.4 Å². The summed E-state index contributed by atoms with van der Waals surface area (Å²) in [6, 6.07) is 0. The number of nitrogens with one attached hydrogen (secondary N) is 3. The molecule has 16 heavy (non-hydrogen) atoms. The lowest BCUT2D eigenvalue weighted by atomic mass is 10.3. The van der Waals surface area contributed by atoms with Crippen molar-refractivity contribution in [1.29, 1.82) is 0 Å². The van der Waals surface area contributed by atoms with Gasteiger partial charge in [-0.2, -0.15) is 5.10 Å². The molecule has 0 aromatic carbocycles. The first kappa shape index (κ1) is 12.1. The van der Waals surface area contributed by atoms with Crippen LogP contribution in [0, 0.1) is 19.3 Å². The summed E-state index contributed by atoms with van der Waals surface area (Å²) in [5.41, 5.74) is 2.12. The van der Waals surface area contributed by atoms with Crippen molar-refractivity contribution in [3.05, 3.63) is 17.5 Å². The van der Waals surface area contributed by atoms with Gasteiger partial charge in [0.15, 0.2) is 5.96 Å². The highest BCUT2D eigenvalue weighted by Gasteiger charge is 2.00. The van der Waals surface area contributed by atoms with E-state index in [1.807, 2.05) is 13.8 Å². The van der Waals surface area contributed by atoms with Crippen LogP contribution >= 0.6 is 0 Å². The third-order valence-corrected chi connectivity index (χ3v) is 2.04. The van der Waals surface area contributed by atoms with Crippen LogP contribution in [0.5, 0.6) is 0 Å². The zero-order chi connectivity index (χ0) is 11.8. The number of hydrogen-bond acceptors (Lipinski definition) is 2. The average molecular weight is 219 g/mol. The van der Waals surface area contributed by atoms with Gasteiger partial charge in [0, 0.05) is 17.8 Å². The quantitative estimate of drug-likeness (QED) is 0.390. The molecule has 0 amide bonds. The predicted octanol–water partition coefficient (Wildman–Crippen LogP) is 0.406. The molecule has 3 N–H and O–H groups in total. The molecule has 0 bridgehead atoms. The Balaban J connectivity index is 2.57. The zero-order valence-corrected chi connectivity index (χ0v) is 9.67. The molecule has 86 valence electrons. The molecule has 0 spiro atoms. The van der Waals surface area contributed by atoms with Gasteiger partial charge in [-0.25, -0.2) is 4.99 Å². The van der Waals surface area contributed by atoms with Crippen LogP contribution in [0.3, 0.4) is 0 Å². The largest absolute Gasteiger partial charge is 0.357 e. The molecule has 1 aromatic rings. The Labute approximate surface area is 95.7 Å². The minimum atomic E-state index is 0.468. The second-order valence-electron chi connectivity index (χ2n) is 3.27. The SMILES string of the molecule is C#CCNC(=NCc1cn[nH]c1C)NCC. The highest BCUT2D eigenvalue weighted by atomic mass is 15.2. The van der Waals surface area contributed by atoms with E-state index in [0.717, 1.165) is 23.8 Å². The van der Waals surface area contributed by atoms with E-state index < -0.39 is 0 Å². The number of rotatable bonds is 4. The van der Waals surface area contributed by atoms with Crippen LogP contribution in [-0.2, 0) is 6.54 Å². The summed E-state index contributed by atoms with van der Waals surface area (Å²) in [5.74, 6) is 3.23. The standard InChI is InChI=1S/C11H17N5/c1-4-6-13-11(12-5-2)14-7-10-8-15-16-9(10)3/h1,8H,5-7H2,2-3H3,(H,15,16)(H2,12,13,14). The summed E-state index contributed by atoms with van der Waals surface area (Å²) in [7, 11) is 0. The number of aryl methyl sites for hydroxylation is 1. The third kappa shape index (κ3) is 3.65. The van der Waals surface area contributed by atoms with E-state index in [4.69, 9.17) is 6.42 Å². The molecule has 0 radical (unpaired) electrons. The fourth-order valence-electron chi connectivity index (χ4n) is 1.18. The molecule has 0 atom stereocenters. The van der Waals surface area contributed by atoms with E-state index in [2.05, 4.69) is 31.7 Å². The van der Waals surface area contributed by atoms with E-state index >= 15 is 0 Å². The van der Waals surface area contributed by atoms with Crippen molar-refractivity contribution in [1.82, 2.24) is 20.8 Å². The molecule has 0 aliphatic carbocycles. The Hall–Kier alpha value is -1.96. The lowest BCUT2D eigenvalue weighted by Crippen LogP contribution is -2.37. The van der Waals surface area contributed by atoms with Gasteiger partial charge in [0.1, 0.15) is 0 Å². The van der Waals surface area contributed by atoms with Crippen molar-refractivity contribution >= 4 is 5.96 Å². The van der Waals surface area contributed by atoms with Gasteiger partial charge in [0.05, 0.1) is 19.3 Å². The predicted molar refractivity (Wildman–Crippen MR) is 65.0 cm³/mol. The molecule has 1 rings (SSSR count). The summed E-state index contributed by atoms with van der Waals surface area (Å²) in [6.45, 7) is 5.84.